The number of aryl methyl sites for hydroxylation is 1. The molecule has 4 heteroatoms. The van der Waals surface area contributed by atoms with Crippen LogP contribution in [0.1, 0.15) is 12.5 Å². The Balaban J connectivity index is 2.77. The summed E-state index contributed by atoms with van der Waals surface area (Å²) in [6.45, 7) is 3.68. The highest BCUT2D eigenvalue weighted by molar-refractivity contribution is 6.30. The van der Waals surface area contributed by atoms with Crippen LogP contribution >= 0.6 is 23.2 Å². The van der Waals surface area contributed by atoms with Crippen molar-refractivity contribution in [3.63, 3.8) is 0 Å². The topological polar surface area (TPSA) is 29.1 Å². The van der Waals surface area contributed by atoms with Crippen LogP contribution in [0.4, 0.5) is 5.69 Å². The van der Waals surface area contributed by atoms with Gasteiger partial charge in [0, 0.05) is 22.5 Å². The van der Waals surface area contributed by atoms with Gasteiger partial charge in [-0.3, -0.25) is 4.79 Å². The maximum absolute atomic E-state index is 11.6. The highest BCUT2D eigenvalue weighted by Gasteiger charge is 2.12. The van der Waals surface area contributed by atoms with Crippen molar-refractivity contribution >= 4 is 34.8 Å². The molecule has 1 amide bonds. The van der Waals surface area contributed by atoms with Gasteiger partial charge in [-0.2, -0.15) is 0 Å². The Hall–Kier alpha value is -0.730. The fourth-order valence-corrected chi connectivity index (χ4v) is 1.46. The molecule has 0 aliphatic rings. The molecule has 1 unspecified atom stereocenters. The van der Waals surface area contributed by atoms with E-state index >= 15 is 0 Å². The van der Waals surface area contributed by atoms with E-state index < -0.39 is 0 Å². The molecule has 0 bridgehead atoms. The normalized spacial score (nSPS) is 12.3. The minimum atomic E-state index is -0.193. The average molecular weight is 246 g/mol. The Morgan fingerprint density at radius 2 is 2.20 bits per heavy atom. The Bertz CT molecular complexity index is 366. The third-order valence-corrected chi connectivity index (χ3v) is 2.82. The number of halogens is 2. The Morgan fingerprint density at radius 3 is 2.73 bits per heavy atom. The molecule has 0 aliphatic heterocycles. The molecule has 0 saturated heterocycles. The minimum Gasteiger partial charge on any atom is -0.326 e. The summed E-state index contributed by atoms with van der Waals surface area (Å²) in [5.74, 6) is 0.0514. The summed E-state index contributed by atoms with van der Waals surface area (Å²) in [4.78, 5) is 11.6. The van der Waals surface area contributed by atoms with E-state index in [1.807, 2.05) is 13.0 Å². The summed E-state index contributed by atoms with van der Waals surface area (Å²) < 4.78 is 0. The first-order valence-corrected chi connectivity index (χ1v) is 5.59. The van der Waals surface area contributed by atoms with Crippen LogP contribution in [0.3, 0.4) is 0 Å². The van der Waals surface area contributed by atoms with Crippen LogP contribution in [0, 0.1) is 12.8 Å². The second kappa shape index (κ2) is 5.38. The molecule has 0 aromatic heterocycles. The molecule has 15 heavy (non-hydrogen) atoms. The van der Waals surface area contributed by atoms with Gasteiger partial charge in [-0.1, -0.05) is 18.5 Å². The molecule has 0 heterocycles. The fraction of sp³-hybridized carbons (Fsp3) is 0.364. The Morgan fingerprint density at radius 1 is 1.53 bits per heavy atom. The number of benzene rings is 1. The summed E-state index contributed by atoms with van der Waals surface area (Å²) in [5.41, 5.74) is 1.72. The first-order valence-electron chi connectivity index (χ1n) is 4.67. The molecular weight excluding hydrogens is 233 g/mol. The lowest BCUT2D eigenvalue weighted by Gasteiger charge is -2.11. The van der Waals surface area contributed by atoms with Gasteiger partial charge in [-0.15, -0.1) is 11.6 Å². The molecule has 0 fully saturated rings. The number of anilines is 1. The molecule has 0 spiro atoms. The molecular formula is C11H13Cl2NO. The van der Waals surface area contributed by atoms with E-state index in [0.717, 1.165) is 11.3 Å². The highest BCUT2D eigenvalue weighted by atomic mass is 35.5. The molecule has 2 nitrogen and oxygen atoms in total. The van der Waals surface area contributed by atoms with Gasteiger partial charge in [-0.25, -0.2) is 0 Å². The predicted molar refractivity (Wildman–Crippen MR) is 64.7 cm³/mol. The molecule has 1 N–H and O–H groups in total. The highest BCUT2D eigenvalue weighted by Crippen LogP contribution is 2.20. The zero-order chi connectivity index (χ0) is 11.4. The zero-order valence-electron chi connectivity index (χ0n) is 8.68. The third-order valence-electron chi connectivity index (χ3n) is 2.13. The molecule has 0 aliphatic carbocycles. The van der Waals surface area contributed by atoms with Gasteiger partial charge < -0.3 is 5.32 Å². The van der Waals surface area contributed by atoms with E-state index in [0.29, 0.717) is 10.9 Å². The van der Waals surface area contributed by atoms with Crippen molar-refractivity contribution in [3.8, 4) is 0 Å². The second-order valence-corrected chi connectivity index (χ2v) is 4.25. The lowest BCUT2D eigenvalue weighted by Crippen LogP contribution is -2.21. The van der Waals surface area contributed by atoms with E-state index in [1.165, 1.54) is 0 Å². The third kappa shape index (κ3) is 3.40. The van der Waals surface area contributed by atoms with Gasteiger partial charge in [0.2, 0.25) is 5.91 Å². The van der Waals surface area contributed by atoms with Gasteiger partial charge >= 0.3 is 0 Å². The summed E-state index contributed by atoms with van der Waals surface area (Å²) in [6, 6.07) is 5.34. The van der Waals surface area contributed by atoms with Gasteiger partial charge in [0.05, 0.1) is 0 Å². The summed E-state index contributed by atoms with van der Waals surface area (Å²) in [5, 5.41) is 3.47. The van der Waals surface area contributed by atoms with Crippen molar-refractivity contribution in [2.24, 2.45) is 5.92 Å². The number of hydrogen-bond acceptors (Lipinski definition) is 1. The van der Waals surface area contributed by atoms with Crippen molar-refractivity contribution in [3.05, 3.63) is 28.8 Å². The van der Waals surface area contributed by atoms with E-state index in [4.69, 9.17) is 23.2 Å². The van der Waals surface area contributed by atoms with E-state index in [-0.39, 0.29) is 11.8 Å². The van der Waals surface area contributed by atoms with Crippen LogP contribution in [0.2, 0.25) is 5.02 Å². The SMILES string of the molecule is Cc1cc(Cl)ccc1NC(=O)C(C)CCl. The smallest absolute Gasteiger partial charge is 0.228 e. The van der Waals surface area contributed by atoms with Crippen LogP contribution in [0.15, 0.2) is 18.2 Å². The average Bonchev–Trinajstić information content (AvgIpc) is 2.20. The summed E-state index contributed by atoms with van der Waals surface area (Å²) in [6.07, 6.45) is 0. The molecule has 0 radical (unpaired) electrons. The lowest BCUT2D eigenvalue weighted by molar-refractivity contribution is -0.118. The largest absolute Gasteiger partial charge is 0.326 e. The van der Waals surface area contributed by atoms with Crippen molar-refractivity contribution in [2.75, 3.05) is 11.2 Å². The Kier molecular flexibility index (Phi) is 4.43. The minimum absolute atomic E-state index is 0.0737. The van der Waals surface area contributed by atoms with Crippen LogP contribution in [0.25, 0.3) is 0 Å². The monoisotopic (exact) mass is 245 g/mol. The second-order valence-electron chi connectivity index (χ2n) is 3.50. The lowest BCUT2D eigenvalue weighted by atomic mass is 10.1. The first kappa shape index (κ1) is 12.3. The molecule has 1 aromatic carbocycles. The number of hydrogen-bond donors (Lipinski definition) is 1. The number of alkyl halides is 1. The number of rotatable bonds is 3. The maximum Gasteiger partial charge on any atom is 0.228 e. The molecule has 1 atom stereocenters. The number of carbonyl (C=O) groups excluding carboxylic acids is 1. The molecule has 1 rings (SSSR count). The first-order chi connectivity index (χ1) is 7.04. The maximum atomic E-state index is 11.6. The summed E-state index contributed by atoms with van der Waals surface area (Å²) in [7, 11) is 0. The van der Waals surface area contributed by atoms with Crippen LogP contribution < -0.4 is 5.32 Å². The van der Waals surface area contributed by atoms with Crippen LogP contribution in [-0.4, -0.2) is 11.8 Å². The van der Waals surface area contributed by atoms with E-state index in [2.05, 4.69) is 5.32 Å². The van der Waals surface area contributed by atoms with Gasteiger partial charge in [0.25, 0.3) is 0 Å². The van der Waals surface area contributed by atoms with Crippen LogP contribution in [0.5, 0.6) is 0 Å². The molecule has 0 saturated carbocycles. The predicted octanol–water partition coefficient (Wildman–Crippen LogP) is 3.46. The quantitative estimate of drug-likeness (QED) is 0.813. The Labute approximate surface area is 99.6 Å². The van der Waals surface area contributed by atoms with Crippen LogP contribution in [-0.2, 0) is 4.79 Å². The van der Waals surface area contributed by atoms with Crippen molar-refractivity contribution < 1.29 is 4.79 Å². The van der Waals surface area contributed by atoms with Crippen molar-refractivity contribution in [1.29, 1.82) is 0 Å². The fourth-order valence-electron chi connectivity index (χ4n) is 1.09. The number of nitrogens with one attached hydrogen (secondary N) is 1. The van der Waals surface area contributed by atoms with Gasteiger partial charge in [-0.05, 0) is 30.7 Å². The molecule has 1 aromatic rings. The molecule has 82 valence electrons. The standard InChI is InChI=1S/C11H13Cl2NO/c1-7-5-9(13)3-4-10(7)14-11(15)8(2)6-12/h3-5,8H,6H2,1-2H3,(H,14,15). The van der Waals surface area contributed by atoms with Crippen molar-refractivity contribution in [1.82, 2.24) is 0 Å². The van der Waals surface area contributed by atoms with E-state index in [1.54, 1.807) is 19.1 Å². The number of amides is 1. The van der Waals surface area contributed by atoms with Crippen molar-refractivity contribution in [2.45, 2.75) is 13.8 Å². The van der Waals surface area contributed by atoms with Gasteiger partial charge in [0.15, 0.2) is 0 Å². The van der Waals surface area contributed by atoms with E-state index in [9.17, 15) is 4.79 Å². The van der Waals surface area contributed by atoms with Gasteiger partial charge in [0.1, 0.15) is 0 Å². The number of carbonyl (C=O) groups is 1. The summed E-state index contributed by atoms with van der Waals surface area (Å²) >= 11 is 11.4. The zero-order valence-corrected chi connectivity index (χ0v) is 10.2.